The predicted molar refractivity (Wildman–Crippen MR) is 127 cm³/mol. The molecule has 0 unspecified atom stereocenters. The first kappa shape index (κ1) is 21.6. The van der Waals surface area contributed by atoms with Gasteiger partial charge in [-0.3, -0.25) is 14.4 Å². The Hall–Kier alpha value is -4.65. The zero-order valence-corrected chi connectivity index (χ0v) is 17.8. The number of rotatable bonds is 6. The number of carbonyl (C=O) groups is 3. The number of benzene rings is 3. The minimum atomic E-state index is -0.400. The van der Waals surface area contributed by atoms with Gasteiger partial charge in [-0.1, -0.05) is 30.3 Å². The van der Waals surface area contributed by atoms with Gasteiger partial charge in [0.2, 0.25) is 0 Å². The van der Waals surface area contributed by atoms with Crippen LogP contribution in [0.2, 0.25) is 0 Å². The van der Waals surface area contributed by atoms with Crippen molar-refractivity contribution in [2.75, 3.05) is 16.0 Å². The zero-order chi connectivity index (χ0) is 23.2. The van der Waals surface area contributed by atoms with E-state index in [-0.39, 0.29) is 17.6 Å². The molecule has 4 aromatic rings. The number of furan rings is 1. The number of carbonyl (C=O) groups excluding carboxylic acids is 3. The fraction of sp³-hybridized carbons (Fsp3) is 0.0385. The second kappa shape index (κ2) is 9.65. The van der Waals surface area contributed by atoms with Crippen LogP contribution in [0.4, 0.5) is 17.1 Å². The van der Waals surface area contributed by atoms with E-state index >= 15 is 0 Å². The van der Waals surface area contributed by atoms with Gasteiger partial charge in [-0.05, 0) is 67.1 Å². The fourth-order valence-electron chi connectivity index (χ4n) is 3.16. The molecule has 0 spiro atoms. The van der Waals surface area contributed by atoms with Gasteiger partial charge in [-0.15, -0.1) is 0 Å². The Morgan fingerprint density at radius 1 is 0.636 bits per heavy atom. The van der Waals surface area contributed by atoms with Crippen LogP contribution in [0.15, 0.2) is 95.6 Å². The third kappa shape index (κ3) is 5.34. The fourth-order valence-corrected chi connectivity index (χ4v) is 3.16. The van der Waals surface area contributed by atoms with Crippen molar-refractivity contribution < 1.29 is 18.8 Å². The number of amides is 3. The average Bonchev–Trinajstić information content (AvgIpc) is 3.36. The SMILES string of the molecule is Cc1ccc(C(=O)Nc2cccc(NC(=O)c3ccccc3)c2)cc1NC(=O)c1ccco1. The Balaban J connectivity index is 1.45. The maximum Gasteiger partial charge on any atom is 0.291 e. The molecule has 7 heteroatoms. The van der Waals surface area contributed by atoms with Gasteiger partial charge in [0, 0.05) is 28.2 Å². The van der Waals surface area contributed by atoms with Crippen LogP contribution < -0.4 is 16.0 Å². The summed E-state index contributed by atoms with van der Waals surface area (Å²) in [7, 11) is 0. The van der Waals surface area contributed by atoms with E-state index in [0.29, 0.717) is 28.2 Å². The van der Waals surface area contributed by atoms with Crippen LogP contribution in [0.3, 0.4) is 0 Å². The van der Waals surface area contributed by atoms with Crippen molar-refractivity contribution in [1.82, 2.24) is 0 Å². The van der Waals surface area contributed by atoms with Gasteiger partial charge in [0.15, 0.2) is 5.76 Å². The first-order valence-electron chi connectivity index (χ1n) is 10.2. The lowest BCUT2D eigenvalue weighted by Crippen LogP contribution is -2.15. The molecule has 0 saturated heterocycles. The highest BCUT2D eigenvalue weighted by molar-refractivity contribution is 6.08. The largest absolute Gasteiger partial charge is 0.459 e. The van der Waals surface area contributed by atoms with Gasteiger partial charge in [0.25, 0.3) is 17.7 Å². The van der Waals surface area contributed by atoms with E-state index in [1.165, 1.54) is 6.26 Å². The molecule has 3 amide bonds. The zero-order valence-electron chi connectivity index (χ0n) is 17.8. The molecule has 0 saturated carbocycles. The van der Waals surface area contributed by atoms with Crippen LogP contribution in [0.5, 0.6) is 0 Å². The van der Waals surface area contributed by atoms with Crippen LogP contribution in [-0.2, 0) is 0 Å². The Morgan fingerprint density at radius 2 is 1.33 bits per heavy atom. The quantitative estimate of drug-likeness (QED) is 0.377. The van der Waals surface area contributed by atoms with E-state index in [1.54, 1.807) is 78.9 Å². The van der Waals surface area contributed by atoms with Gasteiger partial charge >= 0.3 is 0 Å². The topological polar surface area (TPSA) is 100 Å². The third-order valence-corrected chi connectivity index (χ3v) is 4.91. The van der Waals surface area contributed by atoms with Gasteiger partial charge in [-0.2, -0.15) is 0 Å². The molecule has 3 aromatic carbocycles. The lowest BCUT2D eigenvalue weighted by molar-refractivity contribution is 0.0992. The van der Waals surface area contributed by atoms with E-state index in [1.807, 2.05) is 13.0 Å². The first-order valence-corrected chi connectivity index (χ1v) is 10.2. The summed E-state index contributed by atoms with van der Waals surface area (Å²) in [5.74, 6) is -0.814. The molecule has 0 aliphatic heterocycles. The van der Waals surface area contributed by atoms with Crippen LogP contribution in [0.25, 0.3) is 0 Å². The summed E-state index contributed by atoms with van der Waals surface area (Å²) in [4.78, 5) is 37.5. The van der Waals surface area contributed by atoms with Gasteiger partial charge in [0.05, 0.1) is 6.26 Å². The molecule has 0 radical (unpaired) electrons. The normalized spacial score (nSPS) is 10.3. The van der Waals surface area contributed by atoms with Crippen molar-refractivity contribution in [1.29, 1.82) is 0 Å². The molecule has 33 heavy (non-hydrogen) atoms. The number of hydrogen-bond donors (Lipinski definition) is 3. The number of nitrogens with one attached hydrogen (secondary N) is 3. The summed E-state index contributed by atoms with van der Waals surface area (Å²) in [6.07, 6.45) is 1.42. The van der Waals surface area contributed by atoms with Crippen LogP contribution in [-0.4, -0.2) is 17.7 Å². The molecule has 1 aromatic heterocycles. The summed E-state index contributed by atoms with van der Waals surface area (Å²) in [6.45, 7) is 1.83. The van der Waals surface area contributed by atoms with E-state index in [2.05, 4.69) is 16.0 Å². The van der Waals surface area contributed by atoms with Gasteiger partial charge < -0.3 is 20.4 Å². The minimum Gasteiger partial charge on any atom is -0.459 e. The molecule has 7 nitrogen and oxygen atoms in total. The maximum absolute atomic E-state index is 12.8. The highest BCUT2D eigenvalue weighted by atomic mass is 16.3. The smallest absolute Gasteiger partial charge is 0.291 e. The highest BCUT2D eigenvalue weighted by Gasteiger charge is 2.14. The van der Waals surface area contributed by atoms with Crippen molar-refractivity contribution in [2.24, 2.45) is 0 Å². The van der Waals surface area contributed by atoms with Crippen molar-refractivity contribution >= 4 is 34.8 Å². The second-order valence-electron chi connectivity index (χ2n) is 7.32. The van der Waals surface area contributed by atoms with Crippen molar-refractivity contribution in [3.8, 4) is 0 Å². The molecule has 0 atom stereocenters. The first-order chi connectivity index (χ1) is 16.0. The van der Waals surface area contributed by atoms with E-state index < -0.39 is 5.91 Å². The summed E-state index contributed by atoms with van der Waals surface area (Å²) >= 11 is 0. The molecular formula is C26H21N3O4. The molecular weight excluding hydrogens is 418 g/mol. The van der Waals surface area contributed by atoms with Crippen molar-refractivity contribution in [2.45, 2.75) is 6.92 Å². The molecule has 0 fully saturated rings. The van der Waals surface area contributed by atoms with Crippen LogP contribution in [0.1, 0.15) is 36.8 Å². The summed E-state index contributed by atoms with van der Waals surface area (Å²) in [5, 5.41) is 8.39. The Morgan fingerprint density at radius 3 is 2.00 bits per heavy atom. The van der Waals surface area contributed by atoms with Crippen LogP contribution >= 0.6 is 0 Å². The van der Waals surface area contributed by atoms with Crippen molar-refractivity contribution in [3.63, 3.8) is 0 Å². The van der Waals surface area contributed by atoms with Crippen LogP contribution in [0, 0.1) is 6.92 Å². The summed E-state index contributed by atoms with van der Waals surface area (Å²) in [6, 6.07) is 24.0. The number of aryl methyl sites for hydroxylation is 1. The third-order valence-electron chi connectivity index (χ3n) is 4.91. The van der Waals surface area contributed by atoms with E-state index in [9.17, 15) is 14.4 Å². The molecule has 0 aliphatic rings. The molecule has 3 N–H and O–H groups in total. The highest BCUT2D eigenvalue weighted by Crippen LogP contribution is 2.21. The van der Waals surface area contributed by atoms with Gasteiger partial charge in [0.1, 0.15) is 0 Å². The van der Waals surface area contributed by atoms with Crippen molar-refractivity contribution in [3.05, 3.63) is 114 Å². The maximum atomic E-state index is 12.8. The second-order valence-corrected chi connectivity index (χ2v) is 7.32. The Bertz CT molecular complexity index is 1300. The minimum absolute atomic E-state index is 0.179. The lowest BCUT2D eigenvalue weighted by Gasteiger charge is -2.11. The Labute approximate surface area is 190 Å². The molecule has 4 rings (SSSR count). The van der Waals surface area contributed by atoms with E-state index in [4.69, 9.17) is 4.42 Å². The Kier molecular flexibility index (Phi) is 6.31. The molecule has 1 heterocycles. The molecule has 0 bridgehead atoms. The molecule has 164 valence electrons. The summed E-state index contributed by atoms with van der Waals surface area (Å²) in [5.41, 5.74) is 3.29. The lowest BCUT2D eigenvalue weighted by atomic mass is 10.1. The molecule has 0 aliphatic carbocycles. The van der Waals surface area contributed by atoms with E-state index in [0.717, 1.165) is 5.56 Å². The summed E-state index contributed by atoms with van der Waals surface area (Å²) < 4.78 is 5.11. The monoisotopic (exact) mass is 439 g/mol. The average molecular weight is 439 g/mol. The predicted octanol–water partition coefficient (Wildman–Crippen LogP) is 5.34. The number of hydrogen-bond acceptors (Lipinski definition) is 4. The number of anilines is 3. The standard InChI is InChI=1S/C26H21N3O4/c1-17-12-13-19(15-22(17)29-26(32)23-11-6-14-33-23)25(31)28-21-10-5-9-20(16-21)27-24(30)18-7-3-2-4-8-18/h2-16H,1H3,(H,27,30)(H,28,31)(H,29,32). The van der Waals surface area contributed by atoms with Gasteiger partial charge in [-0.25, -0.2) is 0 Å².